The maximum atomic E-state index is 13.0. The van der Waals surface area contributed by atoms with Gasteiger partial charge in [0.15, 0.2) is 5.69 Å². The molecule has 0 aromatic carbocycles. The van der Waals surface area contributed by atoms with Crippen LogP contribution in [-0.4, -0.2) is 26.1 Å². The van der Waals surface area contributed by atoms with Crippen LogP contribution in [0.3, 0.4) is 0 Å². The summed E-state index contributed by atoms with van der Waals surface area (Å²) in [6, 6.07) is 1.32. The van der Waals surface area contributed by atoms with Crippen molar-refractivity contribution in [1.82, 2.24) is 14.5 Å². The molecule has 7 nitrogen and oxygen atoms in total. The molecule has 0 fully saturated rings. The predicted molar refractivity (Wildman–Crippen MR) is 78.9 cm³/mol. The minimum Gasteiger partial charge on any atom is -0.397 e. The lowest BCUT2D eigenvalue weighted by Crippen LogP contribution is -2.09. The number of anilines is 1. The van der Waals surface area contributed by atoms with Crippen LogP contribution >= 0.6 is 24.7 Å². The van der Waals surface area contributed by atoms with Gasteiger partial charge in [0.1, 0.15) is 4.60 Å². The van der Waals surface area contributed by atoms with Gasteiger partial charge in [0.05, 0.1) is 16.8 Å². The van der Waals surface area contributed by atoms with Gasteiger partial charge in [-0.1, -0.05) is 0 Å². The number of pyridine rings is 1. The van der Waals surface area contributed by atoms with Crippen LogP contribution in [0.15, 0.2) is 16.9 Å². The van der Waals surface area contributed by atoms with Gasteiger partial charge in [-0.2, -0.15) is 18.3 Å². The van der Waals surface area contributed by atoms with Gasteiger partial charge in [0, 0.05) is 14.3 Å². The summed E-state index contributed by atoms with van der Waals surface area (Å²) in [6.07, 6.45) is -3.74. The lowest BCUT2D eigenvalue weighted by molar-refractivity contribution is -0.387. The molecule has 0 saturated carbocycles. The van der Waals surface area contributed by atoms with Gasteiger partial charge in [-0.3, -0.25) is 10.1 Å². The van der Waals surface area contributed by atoms with Crippen LogP contribution < -0.4 is 5.73 Å². The van der Waals surface area contributed by atoms with Gasteiger partial charge in [-0.25, -0.2) is 9.44 Å². The van der Waals surface area contributed by atoms with Crippen LogP contribution in [0.5, 0.6) is 0 Å². The minimum atomic E-state index is -4.94. The first kappa shape index (κ1) is 16.6. The van der Waals surface area contributed by atoms with Gasteiger partial charge < -0.3 is 5.73 Å². The normalized spacial score (nSPS) is 12.2. The van der Waals surface area contributed by atoms with E-state index in [2.05, 4.69) is 26.0 Å². The number of hydrogen-bond acceptors (Lipinski definition) is 5. The number of nitrogens with zero attached hydrogens (tertiary/aromatic N) is 4. The number of rotatable bonds is 3. The molecule has 2 heterocycles. The summed E-state index contributed by atoms with van der Waals surface area (Å²) in [7, 11) is -0.254. The molecule has 1 atom stereocenters. The van der Waals surface area contributed by atoms with Crippen LogP contribution in [-0.2, 0) is 6.18 Å². The van der Waals surface area contributed by atoms with Crippen molar-refractivity contribution in [2.75, 3.05) is 12.4 Å². The Labute approximate surface area is 131 Å². The van der Waals surface area contributed by atoms with Gasteiger partial charge >= 0.3 is 11.9 Å². The standard InChI is InChI=1S/C10H8BrF3N5O2P/c1-22-18-7(4-2-6(11)16-3-5(4)15)8(19(20)21)9(17-18)10(12,13)14/h2-3,22H,15H2,1H3. The summed E-state index contributed by atoms with van der Waals surface area (Å²) in [5.41, 5.74) is 2.82. The van der Waals surface area contributed by atoms with Crippen LogP contribution in [0.25, 0.3) is 11.3 Å². The molecule has 1 unspecified atom stereocenters. The SMILES string of the molecule is CPn1nc(C(F)(F)F)c([N+](=O)[O-])c1-c1cc(Br)ncc1N. The molecule has 0 radical (unpaired) electrons. The predicted octanol–water partition coefficient (Wildman–Crippen LogP) is 3.29. The highest BCUT2D eigenvalue weighted by Crippen LogP contribution is 2.44. The Bertz CT molecular complexity index is 749. The summed E-state index contributed by atoms with van der Waals surface area (Å²) in [6.45, 7) is 1.55. The Kier molecular flexibility index (Phi) is 4.39. The van der Waals surface area contributed by atoms with Gasteiger partial charge in [-0.15, -0.1) is 0 Å². The second-order valence-corrected chi connectivity index (χ2v) is 5.71. The third-order valence-electron chi connectivity index (χ3n) is 2.68. The van der Waals surface area contributed by atoms with E-state index >= 15 is 0 Å². The fourth-order valence-corrected chi connectivity index (χ4v) is 2.80. The number of nitrogens with two attached hydrogens (primary N) is 1. The highest BCUT2D eigenvalue weighted by molar-refractivity contribution is 9.10. The first-order valence-electron chi connectivity index (χ1n) is 5.60. The molecular formula is C10H8BrF3N5O2P. The van der Waals surface area contributed by atoms with Crippen molar-refractivity contribution in [3.63, 3.8) is 0 Å². The molecule has 118 valence electrons. The zero-order valence-electron chi connectivity index (χ0n) is 10.8. The molecule has 2 rings (SSSR count). The number of nitro groups is 1. The number of hydrogen-bond donors (Lipinski definition) is 1. The molecule has 0 spiro atoms. The molecule has 0 bridgehead atoms. The van der Waals surface area contributed by atoms with Crippen molar-refractivity contribution in [2.24, 2.45) is 0 Å². The molecule has 0 aliphatic rings. The summed E-state index contributed by atoms with van der Waals surface area (Å²) in [4.78, 5) is 13.9. The van der Waals surface area contributed by atoms with Gasteiger partial charge in [0.2, 0.25) is 5.69 Å². The minimum absolute atomic E-state index is 0.0134. The maximum absolute atomic E-state index is 13.0. The maximum Gasteiger partial charge on any atom is 0.442 e. The van der Waals surface area contributed by atoms with E-state index in [4.69, 9.17) is 5.73 Å². The monoisotopic (exact) mass is 397 g/mol. The first-order valence-corrected chi connectivity index (χ1v) is 7.84. The van der Waals surface area contributed by atoms with Gasteiger partial charge in [-0.05, 0) is 28.7 Å². The van der Waals surface area contributed by atoms with Crippen molar-refractivity contribution >= 4 is 36.0 Å². The van der Waals surface area contributed by atoms with E-state index in [0.29, 0.717) is 0 Å². The Morgan fingerprint density at radius 1 is 1.50 bits per heavy atom. The average Bonchev–Trinajstić information content (AvgIpc) is 2.81. The molecule has 0 saturated heterocycles. The van der Waals surface area contributed by atoms with E-state index in [1.54, 1.807) is 6.66 Å². The summed E-state index contributed by atoms with van der Waals surface area (Å²) < 4.78 is 40.2. The summed E-state index contributed by atoms with van der Waals surface area (Å²) in [5, 5.41) is 14.5. The zero-order chi connectivity index (χ0) is 16.7. The van der Waals surface area contributed by atoms with Crippen molar-refractivity contribution in [3.05, 3.63) is 32.7 Å². The molecule has 2 N–H and O–H groups in total. The third-order valence-corrected chi connectivity index (χ3v) is 3.86. The smallest absolute Gasteiger partial charge is 0.397 e. The van der Waals surface area contributed by atoms with E-state index in [-0.39, 0.29) is 30.3 Å². The molecule has 0 amide bonds. The molecule has 2 aromatic rings. The Balaban J connectivity index is 2.87. The van der Waals surface area contributed by atoms with E-state index in [0.717, 1.165) is 4.45 Å². The van der Waals surface area contributed by atoms with E-state index < -0.39 is 22.5 Å². The van der Waals surface area contributed by atoms with Gasteiger partial charge in [0.25, 0.3) is 0 Å². The molecule has 0 aliphatic heterocycles. The highest BCUT2D eigenvalue weighted by atomic mass is 79.9. The largest absolute Gasteiger partial charge is 0.442 e. The second-order valence-electron chi connectivity index (χ2n) is 4.03. The Hall–Kier alpha value is -1.74. The van der Waals surface area contributed by atoms with Crippen molar-refractivity contribution in [2.45, 2.75) is 6.18 Å². The fourth-order valence-electron chi connectivity index (χ4n) is 1.82. The van der Waals surface area contributed by atoms with Crippen LogP contribution in [0.4, 0.5) is 24.5 Å². The molecular weight excluding hydrogens is 390 g/mol. The third kappa shape index (κ3) is 2.91. The number of halogens is 4. The number of alkyl halides is 3. The molecule has 22 heavy (non-hydrogen) atoms. The fraction of sp³-hybridized carbons (Fsp3) is 0.200. The Morgan fingerprint density at radius 3 is 2.64 bits per heavy atom. The highest BCUT2D eigenvalue weighted by Gasteiger charge is 2.45. The van der Waals surface area contributed by atoms with E-state index in [1.807, 2.05) is 0 Å². The quantitative estimate of drug-likeness (QED) is 0.370. The van der Waals surface area contributed by atoms with Crippen molar-refractivity contribution < 1.29 is 18.1 Å². The Morgan fingerprint density at radius 2 is 2.14 bits per heavy atom. The van der Waals surface area contributed by atoms with Crippen LogP contribution in [0, 0.1) is 10.1 Å². The first-order chi connectivity index (χ1) is 10.2. The molecule has 0 aliphatic carbocycles. The van der Waals surface area contributed by atoms with E-state index in [9.17, 15) is 23.3 Å². The lowest BCUT2D eigenvalue weighted by Gasteiger charge is -2.07. The van der Waals surface area contributed by atoms with Crippen molar-refractivity contribution in [1.29, 1.82) is 0 Å². The van der Waals surface area contributed by atoms with Crippen LogP contribution in [0.2, 0.25) is 0 Å². The van der Waals surface area contributed by atoms with E-state index in [1.165, 1.54) is 12.3 Å². The number of aromatic nitrogens is 3. The molecule has 12 heteroatoms. The lowest BCUT2D eigenvalue weighted by atomic mass is 10.1. The van der Waals surface area contributed by atoms with Crippen molar-refractivity contribution in [3.8, 4) is 11.3 Å². The molecule has 2 aromatic heterocycles. The second kappa shape index (κ2) is 5.81. The summed E-state index contributed by atoms with van der Waals surface area (Å²) >= 11 is 3.06. The topological polar surface area (TPSA) is 99.9 Å². The average molecular weight is 398 g/mol. The van der Waals surface area contributed by atoms with Crippen LogP contribution in [0.1, 0.15) is 5.69 Å². The number of nitrogen functional groups attached to an aromatic ring is 1. The summed E-state index contributed by atoms with van der Waals surface area (Å²) in [5.74, 6) is 0. The zero-order valence-corrected chi connectivity index (χ0v) is 13.4.